The quantitative estimate of drug-likeness (QED) is 0.0398. The van der Waals surface area contributed by atoms with Gasteiger partial charge in [0.2, 0.25) is 0 Å². The van der Waals surface area contributed by atoms with E-state index in [1.807, 2.05) is 12.1 Å². The van der Waals surface area contributed by atoms with E-state index in [0.29, 0.717) is 17.4 Å². The summed E-state index contributed by atoms with van der Waals surface area (Å²) < 4.78 is 32.1. The van der Waals surface area contributed by atoms with Crippen LogP contribution in [0.5, 0.6) is 11.5 Å². The molecule has 55 heavy (non-hydrogen) atoms. The van der Waals surface area contributed by atoms with E-state index in [2.05, 4.69) is 69.5 Å². The molecule has 3 aromatic rings. The molecule has 0 atom stereocenters. The van der Waals surface area contributed by atoms with E-state index in [9.17, 15) is 9.59 Å². The van der Waals surface area contributed by atoms with Gasteiger partial charge in [-0.25, -0.2) is 9.59 Å². The minimum atomic E-state index is -0.641. The number of aryl methyl sites for hydroxylation is 1. The molecule has 1 aliphatic carbocycles. The van der Waals surface area contributed by atoms with Gasteiger partial charge in [0.1, 0.15) is 51.5 Å². The molecule has 0 bridgehead atoms. The molecule has 298 valence electrons. The highest BCUT2D eigenvalue weighted by molar-refractivity contribution is 5.88. The van der Waals surface area contributed by atoms with Crippen LogP contribution < -0.4 is 9.47 Å². The third-order valence-electron chi connectivity index (χ3n) is 9.94. The minimum absolute atomic E-state index is 0.0365. The lowest BCUT2D eigenvalue weighted by Crippen LogP contribution is -2.16. The smallest absolute Gasteiger partial charge is 0.335 e. The van der Waals surface area contributed by atoms with Gasteiger partial charge >= 0.3 is 11.9 Å². The SMILES string of the molecule is C=C(COCO)C(=O)OCCOc1cc(OCCOC(=O)C(=C)COCO)cc(-c2ccc(-c3ccc(C4CCC(CCCCC)CC4)cc3)cc2CC)c1. The zero-order valence-corrected chi connectivity index (χ0v) is 32.5. The van der Waals surface area contributed by atoms with Gasteiger partial charge in [-0.2, -0.15) is 0 Å². The number of unbranched alkanes of at least 4 members (excludes halogenated alkanes) is 2. The highest BCUT2D eigenvalue weighted by Gasteiger charge is 2.22. The molecule has 3 aromatic carbocycles. The highest BCUT2D eigenvalue weighted by atomic mass is 16.6. The van der Waals surface area contributed by atoms with Crippen LogP contribution in [-0.4, -0.2) is 75.4 Å². The molecule has 0 unspecified atom stereocenters. The summed E-state index contributed by atoms with van der Waals surface area (Å²) in [5.74, 6) is 1.25. The molecule has 0 saturated heterocycles. The number of hydrogen-bond acceptors (Lipinski definition) is 10. The average molecular weight is 759 g/mol. The second-order valence-corrected chi connectivity index (χ2v) is 13.9. The average Bonchev–Trinajstić information content (AvgIpc) is 3.22. The maximum Gasteiger partial charge on any atom is 0.335 e. The molecule has 1 fully saturated rings. The van der Waals surface area contributed by atoms with Crippen LogP contribution in [0, 0.1) is 5.92 Å². The number of aliphatic hydroxyl groups is 2. The summed E-state index contributed by atoms with van der Waals surface area (Å²) in [5.41, 5.74) is 6.98. The van der Waals surface area contributed by atoms with Crippen molar-refractivity contribution in [3.8, 4) is 33.8 Å². The Bertz CT molecular complexity index is 1620. The Hall–Kier alpha value is -4.48. The van der Waals surface area contributed by atoms with E-state index in [4.69, 9.17) is 38.6 Å². The van der Waals surface area contributed by atoms with E-state index in [0.717, 1.165) is 34.6 Å². The zero-order chi connectivity index (χ0) is 39.4. The summed E-state index contributed by atoms with van der Waals surface area (Å²) in [7, 11) is 0. The first-order valence-electron chi connectivity index (χ1n) is 19.5. The predicted octanol–water partition coefficient (Wildman–Crippen LogP) is 8.33. The van der Waals surface area contributed by atoms with Gasteiger partial charge < -0.3 is 38.6 Å². The number of rotatable bonds is 24. The molecule has 0 radical (unpaired) electrons. The molecule has 2 N–H and O–H groups in total. The Morgan fingerprint density at radius 2 is 1.24 bits per heavy atom. The van der Waals surface area contributed by atoms with Gasteiger partial charge in [0.15, 0.2) is 0 Å². The summed E-state index contributed by atoms with van der Waals surface area (Å²) in [6, 6.07) is 21.2. The number of carbonyl (C=O) groups is 2. The molecule has 1 saturated carbocycles. The number of hydrogen-bond donors (Lipinski definition) is 2. The monoisotopic (exact) mass is 758 g/mol. The standard InChI is InChI=1S/C45H58O10/c1-5-7-8-9-34-10-12-36(13-11-34)37-14-16-38(17-15-37)39-18-19-43(35(6-2)24-39)40-25-41(52-20-22-54-44(48)32(3)28-50-30-46)27-42(26-40)53-21-23-55-45(49)33(4)29-51-31-47/h14-19,24-27,34,36,46-47H,3-13,20-23,28-31H2,1-2H3. The molecule has 0 heterocycles. The van der Waals surface area contributed by atoms with Crippen molar-refractivity contribution in [3.05, 3.63) is 96.1 Å². The molecule has 0 aliphatic heterocycles. The van der Waals surface area contributed by atoms with Crippen LogP contribution in [0.25, 0.3) is 22.3 Å². The van der Waals surface area contributed by atoms with Gasteiger partial charge in [0.05, 0.1) is 24.4 Å². The van der Waals surface area contributed by atoms with Crippen molar-refractivity contribution in [2.75, 3.05) is 53.2 Å². The number of aliphatic hydroxyl groups excluding tert-OH is 2. The third kappa shape index (κ3) is 14.0. The zero-order valence-electron chi connectivity index (χ0n) is 32.5. The van der Waals surface area contributed by atoms with Gasteiger partial charge in [0, 0.05) is 6.07 Å². The van der Waals surface area contributed by atoms with Crippen LogP contribution in [0.2, 0.25) is 0 Å². The summed E-state index contributed by atoms with van der Waals surface area (Å²) in [6.07, 6.45) is 11.4. The van der Waals surface area contributed by atoms with Gasteiger partial charge in [-0.3, -0.25) is 0 Å². The fraction of sp³-hybridized carbons (Fsp3) is 0.467. The first kappa shape index (κ1) is 43.3. The molecule has 0 spiro atoms. The number of carbonyl (C=O) groups excluding carboxylic acids is 2. The van der Waals surface area contributed by atoms with E-state index < -0.39 is 25.5 Å². The van der Waals surface area contributed by atoms with Crippen molar-refractivity contribution >= 4 is 11.9 Å². The normalized spacial score (nSPS) is 15.3. The van der Waals surface area contributed by atoms with Crippen molar-refractivity contribution in [3.63, 3.8) is 0 Å². The van der Waals surface area contributed by atoms with Crippen LogP contribution in [0.3, 0.4) is 0 Å². The summed E-state index contributed by atoms with van der Waals surface area (Å²) >= 11 is 0. The fourth-order valence-electron chi connectivity index (χ4n) is 6.90. The fourth-order valence-corrected chi connectivity index (χ4v) is 6.90. The Balaban J connectivity index is 1.46. The lowest BCUT2D eigenvalue weighted by atomic mass is 9.77. The largest absolute Gasteiger partial charge is 0.490 e. The van der Waals surface area contributed by atoms with Crippen LogP contribution >= 0.6 is 0 Å². The minimum Gasteiger partial charge on any atom is -0.490 e. The van der Waals surface area contributed by atoms with Crippen LogP contribution in [0.15, 0.2) is 85.0 Å². The predicted molar refractivity (Wildman–Crippen MR) is 213 cm³/mol. The second-order valence-electron chi connectivity index (χ2n) is 13.9. The first-order valence-corrected chi connectivity index (χ1v) is 19.5. The molecule has 1 aliphatic rings. The van der Waals surface area contributed by atoms with Crippen LogP contribution in [0.1, 0.15) is 82.3 Å². The van der Waals surface area contributed by atoms with E-state index >= 15 is 0 Å². The number of ether oxygens (including phenoxy) is 6. The Labute approximate surface area is 326 Å². The molecular weight excluding hydrogens is 700 g/mol. The number of esters is 2. The Morgan fingerprint density at radius 3 is 1.76 bits per heavy atom. The first-order chi connectivity index (χ1) is 26.8. The molecular formula is C45H58O10. The van der Waals surface area contributed by atoms with Crippen molar-refractivity contribution in [2.45, 2.75) is 77.6 Å². The third-order valence-corrected chi connectivity index (χ3v) is 9.94. The maximum atomic E-state index is 12.2. The van der Waals surface area contributed by atoms with Crippen molar-refractivity contribution in [2.24, 2.45) is 5.92 Å². The molecule has 0 amide bonds. The topological polar surface area (TPSA) is 130 Å². The van der Waals surface area contributed by atoms with Crippen molar-refractivity contribution in [1.82, 2.24) is 0 Å². The summed E-state index contributed by atoms with van der Waals surface area (Å²) in [6.45, 7) is 10.4. The maximum absolute atomic E-state index is 12.2. The number of benzene rings is 3. The van der Waals surface area contributed by atoms with Gasteiger partial charge in [0.25, 0.3) is 0 Å². The van der Waals surface area contributed by atoms with Crippen molar-refractivity contribution < 1.29 is 48.2 Å². The van der Waals surface area contributed by atoms with E-state index in [-0.39, 0.29) is 50.8 Å². The van der Waals surface area contributed by atoms with E-state index in [1.54, 1.807) is 6.07 Å². The van der Waals surface area contributed by atoms with Crippen molar-refractivity contribution in [1.29, 1.82) is 0 Å². The van der Waals surface area contributed by atoms with Crippen LogP contribution in [-0.2, 0) is 35.0 Å². The summed E-state index contributed by atoms with van der Waals surface area (Å²) in [4.78, 5) is 24.3. The van der Waals surface area contributed by atoms with Gasteiger partial charge in [-0.15, -0.1) is 0 Å². The Morgan fingerprint density at radius 1 is 0.673 bits per heavy atom. The van der Waals surface area contributed by atoms with E-state index in [1.165, 1.54) is 62.5 Å². The highest BCUT2D eigenvalue weighted by Crippen LogP contribution is 2.39. The molecule has 0 aromatic heterocycles. The van der Waals surface area contributed by atoms with Gasteiger partial charge in [-0.1, -0.05) is 95.2 Å². The Kier molecular flexibility index (Phi) is 18.4. The lowest BCUT2D eigenvalue weighted by Gasteiger charge is -2.29. The lowest BCUT2D eigenvalue weighted by molar-refractivity contribution is -0.141. The molecule has 10 heteroatoms. The van der Waals surface area contributed by atoms with Crippen LogP contribution in [0.4, 0.5) is 0 Å². The summed E-state index contributed by atoms with van der Waals surface area (Å²) in [5, 5.41) is 17.6. The van der Waals surface area contributed by atoms with Gasteiger partial charge in [-0.05, 0) is 89.5 Å². The molecule has 10 nitrogen and oxygen atoms in total. The molecule has 4 rings (SSSR count). The second kappa shape index (κ2) is 23.4.